The van der Waals surface area contributed by atoms with Crippen LogP contribution < -0.4 is 0 Å². The summed E-state index contributed by atoms with van der Waals surface area (Å²) >= 11 is 0. The number of allylic oxidation sites excluding steroid dienone is 2. The monoisotopic (exact) mass is 196 g/mol. The average molecular weight is 196 g/mol. The molecule has 0 spiro atoms. The van der Waals surface area contributed by atoms with Crippen LogP contribution in [0.5, 0.6) is 0 Å². The quantitative estimate of drug-likeness (QED) is 0.482. The first-order valence-electron chi connectivity index (χ1n) is 5.62. The van der Waals surface area contributed by atoms with Gasteiger partial charge in [-0.3, -0.25) is 0 Å². The lowest BCUT2D eigenvalue weighted by atomic mass is 9.91. The normalized spacial score (nSPS) is 21.5. The fourth-order valence-corrected chi connectivity index (χ4v) is 1.74. The van der Waals surface area contributed by atoms with Crippen molar-refractivity contribution in [3.8, 4) is 0 Å². The number of unbranched alkanes of at least 4 members (excludes halogenated alkanes) is 1. The first kappa shape index (κ1) is 11.3. The molecule has 0 aromatic carbocycles. The van der Waals surface area contributed by atoms with Gasteiger partial charge in [0, 0.05) is 12.8 Å². The van der Waals surface area contributed by atoms with Gasteiger partial charge in [-0.2, -0.15) is 0 Å². The zero-order valence-corrected chi connectivity index (χ0v) is 9.00. The minimum Gasteiger partial charge on any atom is -0.498 e. The van der Waals surface area contributed by atoms with Crippen molar-refractivity contribution in [2.24, 2.45) is 5.92 Å². The minimum absolute atomic E-state index is 0.616. The van der Waals surface area contributed by atoms with E-state index in [9.17, 15) is 4.79 Å². The van der Waals surface area contributed by atoms with Crippen LogP contribution in [0.1, 0.15) is 45.4 Å². The number of carbonyl (C=O) groups excluding carboxylic acids is 1. The molecule has 14 heavy (non-hydrogen) atoms. The molecule has 0 unspecified atom stereocenters. The van der Waals surface area contributed by atoms with Gasteiger partial charge in [-0.1, -0.05) is 13.3 Å². The van der Waals surface area contributed by atoms with Crippen molar-refractivity contribution in [2.45, 2.75) is 45.4 Å². The summed E-state index contributed by atoms with van der Waals surface area (Å²) in [5, 5.41) is 0. The molecule has 0 aliphatic heterocycles. The van der Waals surface area contributed by atoms with Crippen molar-refractivity contribution in [3.05, 3.63) is 11.8 Å². The maximum atomic E-state index is 10.1. The summed E-state index contributed by atoms with van der Waals surface area (Å²) in [7, 11) is 0. The molecule has 1 atom stereocenters. The summed E-state index contributed by atoms with van der Waals surface area (Å²) in [5.74, 6) is 2.00. The summed E-state index contributed by atoms with van der Waals surface area (Å²) in [6.07, 6.45) is 9.41. The first-order valence-corrected chi connectivity index (χ1v) is 5.62. The highest BCUT2D eigenvalue weighted by Crippen LogP contribution is 2.26. The second-order valence-corrected chi connectivity index (χ2v) is 3.88. The lowest BCUT2D eigenvalue weighted by Crippen LogP contribution is -2.07. The Labute approximate surface area is 86.3 Å². The fraction of sp³-hybridized carbons (Fsp3) is 0.750. The van der Waals surface area contributed by atoms with E-state index in [4.69, 9.17) is 4.74 Å². The van der Waals surface area contributed by atoms with E-state index < -0.39 is 0 Å². The number of ether oxygens (including phenoxy) is 1. The van der Waals surface area contributed by atoms with E-state index in [1.807, 2.05) is 0 Å². The molecule has 0 bridgehead atoms. The van der Waals surface area contributed by atoms with Gasteiger partial charge >= 0.3 is 0 Å². The van der Waals surface area contributed by atoms with Crippen molar-refractivity contribution >= 4 is 6.29 Å². The molecular weight excluding hydrogens is 176 g/mol. The Balaban J connectivity index is 2.13. The molecule has 0 N–H and O–H groups in total. The summed E-state index contributed by atoms with van der Waals surface area (Å²) in [6.45, 7) is 2.94. The molecule has 2 nitrogen and oxygen atoms in total. The number of carbonyl (C=O) groups is 1. The molecule has 0 saturated heterocycles. The second kappa shape index (κ2) is 6.63. The predicted octanol–water partition coefficient (Wildman–Crippen LogP) is 3.08. The molecule has 0 aromatic heterocycles. The maximum Gasteiger partial charge on any atom is 0.120 e. The number of hydrogen-bond acceptors (Lipinski definition) is 2. The van der Waals surface area contributed by atoms with Crippen LogP contribution in [0.3, 0.4) is 0 Å². The standard InChI is InChI=1S/C12H20O2/c1-2-11-5-7-12(8-6-11)14-10-4-3-9-13/h7,9,11H,2-6,8,10H2,1H3/t11-/m0/s1. The summed E-state index contributed by atoms with van der Waals surface area (Å²) in [4.78, 5) is 10.1. The zero-order chi connectivity index (χ0) is 10.2. The van der Waals surface area contributed by atoms with Crippen LogP contribution in [0.4, 0.5) is 0 Å². The van der Waals surface area contributed by atoms with Crippen molar-refractivity contribution in [2.75, 3.05) is 6.61 Å². The Kier molecular flexibility index (Phi) is 5.35. The van der Waals surface area contributed by atoms with Crippen LogP contribution in [0.15, 0.2) is 11.8 Å². The highest BCUT2D eigenvalue weighted by atomic mass is 16.5. The number of rotatable bonds is 6. The van der Waals surface area contributed by atoms with Gasteiger partial charge in [0.1, 0.15) is 6.29 Å². The van der Waals surface area contributed by atoms with Gasteiger partial charge in [0.05, 0.1) is 12.4 Å². The third-order valence-electron chi connectivity index (χ3n) is 2.81. The van der Waals surface area contributed by atoms with E-state index in [0.29, 0.717) is 13.0 Å². The second-order valence-electron chi connectivity index (χ2n) is 3.88. The summed E-state index contributed by atoms with van der Waals surface area (Å²) in [5.41, 5.74) is 0. The largest absolute Gasteiger partial charge is 0.498 e. The lowest BCUT2D eigenvalue weighted by molar-refractivity contribution is -0.108. The molecule has 1 rings (SSSR count). The van der Waals surface area contributed by atoms with Gasteiger partial charge in [0.2, 0.25) is 0 Å². The van der Waals surface area contributed by atoms with Crippen molar-refractivity contribution in [1.29, 1.82) is 0 Å². The highest BCUT2D eigenvalue weighted by Gasteiger charge is 2.12. The third kappa shape index (κ3) is 3.95. The van der Waals surface area contributed by atoms with Gasteiger partial charge in [0.15, 0.2) is 0 Å². The summed E-state index contributed by atoms with van der Waals surface area (Å²) in [6, 6.07) is 0. The van der Waals surface area contributed by atoms with Gasteiger partial charge in [-0.05, 0) is 31.3 Å². The maximum absolute atomic E-state index is 10.1. The van der Waals surface area contributed by atoms with E-state index in [1.54, 1.807) is 0 Å². The van der Waals surface area contributed by atoms with E-state index in [1.165, 1.54) is 19.3 Å². The van der Waals surface area contributed by atoms with E-state index in [0.717, 1.165) is 30.8 Å². The molecule has 0 amide bonds. The highest BCUT2D eigenvalue weighted by molar-refractivity contribution is 5.48. The first-order chi connectivity index (χ1) is 6.86. The van der Waals surface area contributed by atoms with Gasteiger partial charge in [0.25, 0.3) is 0 Å². The number of aldehydes is 1. The molecule has 0 radical (unpaired) electrons. The van der Waals surface area contributed by atoms with E-state index in [-0.39, 0.29) is 0 Å². The molecule has 80 valence electrons. The van der Waals surface area contributed by atoms with Crippen molar-refractivity contribution in [1.82, 2.24) is 0 Å². The Bertz CT molecular complexity index is 196. The predicted molar refractivity (Wildman–Crippen MR) is 57.0 cm³/mol. The Morgan fingerprint density at radius 2 is 2.50 bits per heavy atom. The van der Waals surface area contributed by atoms with E-state index in [2.05, 4.69) is 13.0 Å². The van der Waals surface area contributed by atoms with Gasteiger partial charge < -0.3 is 9.53 Å². The average Bonchev–Trinajstić information content (AvgIpc) is 2.25. The minimum atomic E-state index is 0.616. The smallest absolute Gasteiger partial charge is 0.120 e. The molecule has 0 saturated carbocycles. The molecular formula is C12H20O2. The summed E-state index contributed by atoms with van der Waals surface area (Å²) < 4.78 is 5.58. The van der Waals surface area contributed by atoms with Crippen LogP contribution >= 0.6 is 0 Å². The Morgan fingerprint density at radius 1 is 1.64 bits per heavy atom. The topological polar surface area (TPSA) is 26.3 Å². The fourth-order valence-electron chi connectivity index (χ4n) is 1.74. The molecule has 1 aliphatic carbocycles. The molecule has 0 heterocycles. The molecule has 0 fully saturated rings. The zero-order valence-electron chi connectivity index (χ0n) is 9.00. The van der Waals surface area contributed by atoms with Crippen LogP contribution in [0.2, 0.25) is 0 Å². The van der Waals surface area contributed by atoms with E-state index >= 15 is 0 Å². The molecule has 2 heteroatoms. The number of hydrogen-bond donors (Lipinski definition) is 0. The van der Waals surface area contributed by atoms with Crippen LogP contribution in [0, 0.1) is 5.92 Å². The van der Waals surface area contributed by atoms with Crippen LogP contribution in [-0.2, 0) is 9.53 Å². The van der Waals surface area contributed by atoms with Crippen LogP contribution in [-0.4, -0.2) is 12.9 Å². The Hall–Kier alpha value is -0.790. The van der Waals surface area contributed by atoms with Crippen molar-refractivity contribution < 1.29 is 9.53 Å². The third-order valence-corrected chi connectivity index (χ3v) is 2.81. The lowest BCUT2D eigenvalue weighted by Gasteiger charge is -2.20. The Morgan fingerprint density at radius 3 is 3.07 bits per heavy atom. The van der Waals surface area contributed by atoms with Gasteiger partial charge in [-0.25, -0.2) is 0 Å². The van der Waals surface area contributed by atoms with Crippen molar-refractivity contribution in [3.63, 3.8) is 0 Å². The SMILES string of the molecule is CC[C@H]1CC=C(OCCCC=O)CC1. The molecule has 0 aromatic rings. The van der Waals surface area contributed by atoms with Crippen LogP contribution in [0.25, 0.3) is 0 Å². The molecule has 1 aliphatic rings. The van der Waals surface area contributed by atoms with Gasteiger partial charge in [-0.15, -0.1) is 0 Å².